The molecule has 0 heterocycles. The first-order valence-corrected chi connectivity index (χ1v) is 16.3. The minimum absolute atomic E-state index is 0. The molecule has 0 fully saturated rings. The van der Waals surface area contributed by atoms with Crippen LogP contribution in [0.2, 0.25) is 0 Å². The molecule has 4 aromatic carbocycles. The molecule has 4 aromatic rings. The number of allylic oxidation sites excluding steroid dienone is 4. The smallest absolute Gasteiger partial charge is 0 e. The fourth-order valence-electron chi connectivity index (χ4n) is 3.76. The van der Waals surface area contributed by atoms with Crippen LogP contribution in [0.3, 0.4) is 0 Å². The van der Waals surface area contributed by atoms with E-state index in [-0.39, 0.29) is 35.9 Å². The minimum atomic E-state index is -0.171. The predicted molar refractivity (Wildman–Crippen MR) is 167 cm³/mol. The van der Waals surface area contributed by atoms with Crippen molar-refractivity contribution in [2.24, 2.45) is 0 Å². The zero-order valence-corrected chi connectivity index (χ0v) is 26.1. The summed E-state index contributed by atoms with van der Waals surface area (Å²) in [6.07, 6.45) is 14.0. The second-order valence-electron chi connectivity index (χ2n) is 8.56. The number of benzene rings is 4. The quantitative estimate of drug-likeness (QED) is 0.149. The first-order valence-electron chi connectivity index (χ1n) is 12.7. The fourth-order valence-corrected chi connectivity index (χ4v) is 6.83. The van der Waals surface area contributed by atoms with Gasteiger partial charge in [0, 0.05) is 20.1 Å². The van der Waals surface area contributed by atoms with Crippen molar-refractivity contribution in [2.45, 2.75) is 25.7 Å². The van der Waals surface area contributed by atoms with E-state index in [0.29, 0.717) is 0 Å². The SMILES string of the molecule is C1=CCCC=CCC1.CP(c1ccccc1)c1ccccc1.CP(c1ccccc1)c1ccccc1.[Ir]. The molecule has 0 bridgehead atoms. The molecule has 0 saturated heterocycles. The third-order valence-corrected chi connectivity index (χ3v) is 10.2. The Kier molecular flexibility index (Phi) is 16.0. The Labute approximate surface area is 240 Å². The van der Waals surface area contributed by atoms with Crippen molar-refractivity contribution in [3.8, 4) is 0 Å². The van der Waals surface area contributed by atoms with Gasteiger partial charge in [-0.25, -0.2) is 0 Å². The molecule has 0 spiro atoms. The molecule has 0 aromatic heterocycles. The molecular formula is C34H38IrP2. The van der Waals surface area contributed by atoms with E-state index in [9.17, 15) is 0 Å². The van der Waals surface area contributed by atoms with Gasteiger partial charge in [0.1, 0.15) is 0 Å². The number of hydrogen-bond donors (Lipinski definition) is 0. The molecule has 1 aliphatic carbocycles. The number of rotatable bonds is 4. The molecule has 0 N–H and O–H groups in total. The zero-order chi connectivity index (χ0) is 25.3. The summed E-state index contributed by atoms with van der Waals surface area (Å²) in [7, 11) is -0.342. The maximum atomic E-state index is 2.31. The van der Waals surface area contributed by atoms with Crippen LogP contribution in [0.5, 0.6) is 0 Å². The summed E-state index contributed by atoms with van der Waals surface area (Å²) in [6, 6.07) is 42.8. The summed E-state index contributed by atoms with van der Waals surface area (Å²) >= 11 is 0. The van der Waals surface area contributed by atoms with E-state index in [4.69, 9.17) is 0 Å². The Morgan fingerprint density at radius 3 is 0.730 bits per heavy atom. The molecule has 0 nitrogen and oxygen atoms in total. The van der Waals surface area contributed by atoms with Crippen LogP contribution in [0.1, 0.15) is 25.7 Å². The van der Waals surface area contributed by atoms with Gasteiger partial charge in [-0.05, 0) is 76.1 Å². The molecule has 0 amide bonds. The minimum Gasteiger partial charge on any atom is -0.0882 e. The van der Waals surface area contributed by atoms with Crippen molar-refractivity contribution >= 4 is 37.1 Å². The average Bonchev–Trinajstić information content (AvgIpc) is 2.94. The molecule has 5 rings (SSSR count). The van der Waals surface area contributed by atoms with Crippen molar-refractivity contribution in [1.29, 1.82) is 0 Å². The molecule has 0 saturated carbocycles. The van der Waals surface area contributed by atoms with Gasteiger partial charge in [-0.2, -0.15) is 0 Å². The molecule has 0 unspecified atom stereocenters. The van der Waals surface area contributed by atoms with Gasteiger partial charge in [-0.1, -0.05) is 146 Å². The van der Waals surface area contributed by atoms with Crippen LogP contribution in [-0.4, -0.2) is 13.3 Å². The van der Waals surface area contributed by atoms with Crippen molar-refractivity contribution in [1.82, 2.24) is 0 Å². The first-order chi connectivity index (χ1) is 17.8. The van der Waals surface area contributed by atoms with Gasteiger partial charge in [-0.3, -0.25) is 0 Å². The monoisotopic (exact) mass is 701 g/mol. The van der Waals surface area contributed by atoms with Crippen LogP contribution in [0.15, 0.2) is 146 Å². The van der Waals surface area contributed by atoms with Gasteiger partial charge in [0.25, 0.3) is 0 Å². The third kappa shape index (κ3) is 11.9. The Bertz CT molecular complexity index is 958. The second-order valence-corrected chi connectivity index (χ2v) is 12.9. The molecule has 1 aliphatic rings. The maximum absolute atomic E-state index is 2.31. The largest absolute Gasteiger partial charge is 0.0882 e. The Balaban J connectivity index is 0.000000200. The topological polar surface area (TPSA) is 0 Å². The Morgan fingerprint density at radius 2 is 0.541 bits per heavy atom. The van der Waals surface area contributed by atoms with Gasteiger partial charge in [-0.15, -0.1) is 0 Å². The van der Waals surface area contributed by atoms with E-state index in [0.717, 1.165) is 0 Å². The van der Waals surface area contributed by atoms with Gasteiger partial charge in [0.15, 0.2) is 0 Å². The molecule has 3 heteroatoms. The normalized spacial score (nSPS) is 12.2. The average molecular weight is 701 g/mol. The van der Waals surface area contributed by atoms with Crippen LogP contribution in [0, 0.1) is 0 Å². The predicted octanol–water partition coefficient (Wildman–Crippen LogP) is 8.17. The van der Waals surface area contributed by atoms with Gasteiger partial charge in [0.05, 0.1) is 0 Å². The van der Waals surface area contributed by atoms with E-state index in [1.807, 2.05) is 0 Å². The van der Waals surface area contributed by atoms with Crippen molar-refractivity contribution in [2.75, 3.05) is 13.3 Å². The van der Waals surface area contributed by atoms with E-state index >= 15 is 0 Å². The summed E-state index contributed by atoms with van der Waals surface area (Å²) in [5.74, 6) is 0. The van der Waals surface area contributed by atoms with E-state index < -0.39 is 0 Å². The molecule has 0 aliphatic heterocycles. The summed E-state index contributed by atoms with van der Waals surface area (Å²) in [5.41, 5.74) is 0. The first kappa shape index (κ1) is 31.1. The van der Waals surface area contributed by atoms with Gasteiger partial charge < -0.3 is 0 Å². The molecule has 37 heavy (non-hydrogen) atoms. The summed E-state index contributed by atoms with van der Waals surface area (Å²) in [6.45, 7) is 4.61. The van der Waals surface area contributed by atoms with E-state index in [2.05, 4.69) is 159 Å². The molecule has 193 valence electrons. The molecular weight excluding hydrogens is 663 g/mol. The second kappa shape index (κ2) is 19.0. The maximum Gasteiger partial charge on any atom is 0 e. The molecule has 0 atom stereocenters. The van der Waals surface area contributed by atoms with Crippen LogP contribution >= 0.6 is 15.8 Å². The summed E-state index contributed by atoms with van der Waals surface area (Å²) < 4.78 is 0. The van der Waals surface area contributed by atoms with E-state index in [1.165, 1.54) is 46.9 Å². The number of hydrogen-bond acceptors (Lipinski definition) is 0. The summed E-state index contributed by atoms with van der Waals surface area (Å²) in [5, 5.41) is 5.75. The Morgan fingerprint density at radius 1 is 0.351 bits per heavy atom. The van der Waals surface area contributed by atoms with E-state index in [1.54, 1.807) is 0 Å². The zero-order valence-electron chi connectivity index (χ0n) is 21.9. The van der Waals surface area contributed by atoms with Gasteiger partial charge in [0.2, 0.25) is 0 Å². The van der Waals surface area contributed by atoms with Crippen LogP contribution in [-0.2, 0) is 20.1 Å². The molecule has 1 radical (unpaired) electrons. The van der Waals surface area contributed by atoms with Crippen molar-refractivity contribution in [3.05, 3.63) is 146 Å². The van der Waals surface area contributed by atoms with Crippen molar-refractivity contribution < 1.29 is 20.1 Å². The standard InChI is InChI=1S/2C13H13P.C8H12.Ir/c2*1-14(12-8-4-2-5-9-12)13-10-6-3-7-11-13;1-2-4-6-8-7-5-3-1;/h2*2-11H,1H3;1-2,7-8H,3-6H2;. The Hall–Kier alpha value is -2.13. The van der Waals surface area contributed by atoms with Crippen LogP contribution in [0.25, 0.3) is 0 Å². The van der Waals surface area contributed by atoms with Crippen LogP contribution < -0.4 is 21.2 Å². The fraction of sp³-hybridized carbons (Fsp3) is 0.176. The van der Waals surface area contributed by atoms with Crippen molar-refractivity contribution in [3.63, 3.8) is 0 Å². The van der Waals surface area contributed by atoms with Crippen LogP contribution in [0.4, 0.5) is 0 Å². The summed E-state index contributed by atoms with van der Waals surface area (Å²) in [4.78, 5) is 0. The van der Waals surface area contributed by atoms with Gasteiger partial charge >= 0.3 is 0 Å². The third-order valence-electron chi connectivity index (χ3n) is 5.91.